The molecule has 24 heavy (non-hydrogen) atoms. The summed E-state index contributed by atoms with van der Waals surface area (Å²) in [5, 5.41) is 7.90. The molecule has 122 valence electrons. The van der Waals surface area contributed by atoms with Gasteiger partial charge in [-0.25, -0.2) is 4.79 Å². The summed E-state index contributed by atoms with van der Waals surface area (Å²) in [4.78, 5) is 20.3. The van der Waals surface area contributed by atoms with Gasteiger partial charge in [-0.05, 0) is 48.4 Å². The topological polar surface area (TPSA) is 67.5 Å². The molecule has 4 rings (SSSR count). The van der Waals surface area contributed by atoms with Crippen LogP contribution in [0.2, 0.25) is 0 Å². The summed E-state index contributed by atoms with van der Waals surface area (Å²) in [6.07, 6.45) is 2.49. The Balaban J connectivity index is 0.000000526. The van der Waals surface area contributed by atoms with Gasteiger partial charge in [-0.15, -0.1) is 0 Å². The number of aryl methyl sites for hydroxylation is 1. The van der Waals surface area contributed by atoms with Crippen molar-refractivity contribution in [2.45, 2.75) is 25.7 Å². The van der Waals surface area contributed by atoms with Crippen molar-refractivity contribution in [3.05, 3.63) is 70.1 Å². The first-order valence-corrected chi connectivity index (χ1v) is 7.85. The van der Waals surface area contributed by atoms with Crippen molar-refractivity contribution in [2.24, 2.45) is 0 Å². The van der Waals surface area contributed by atoms with Gasteiger partial charge in [0, 0.05) is 17.0 Å². The van der Waals surface area contributed by atoms with Crippen molar-refractivity contribution >= 4 is 17.4 Å². The predicted octanol–water partition coefficient (Wildman–Crippen LogP) is 4.35. The molecule has 4 nitrogen and oxygen atoms in total. The minimum atomic E-state index is -0.284. The quantitative estimate of drug-likeness (QED) is 0.563. The van der Waals surface area contributed by atoms with E-state index in [1.54, 1.807) is 6.07 Å². The van der Waals surface area contributed by atoms with E-state index in [2.05, 4.69) is 31.2 Å². The molecular formula is C20H18O4. The van der Waals surface area contributed by atoms with Crippen LogP contribution in [0.25, 0.3) is 22.1 Å². The molecule has 1 N–H and O–H groups in total. The van der Waals surface area contributed by atoms with Gasteiger partial charge in [-0.3, -0.25) is 4.79 Å². The smallest absolute Gasteiger partial charge is 0.336 e. The van der Waals surface area contributed by atoms with Crippen molar-refractivity contribution in [1.29, 1.82) is 0 Å². The fraction of sp³-hybridized carbons (Fsp3) is 0.200. The minimum absolute atomic E-state index is 0.250. The number of fused-ring (bicyclic) bond motifs is 1. The van der Waals surface area contributed by atoms with Crippen LogP contribution >= 0.6 is 0 Å². The summed E-state index contributed by atoms with van der Waals surface area (Å²) < 4.78 is 5.43. The van der Waals surface area contributed by atoms with Crippen LogP contribution in [0.3, 0.4) is 0 Å². The first-order valence-electron chi connectivity index (χ1n) is 7.85. The molecule has 1 aliphatic carbocycles. The summed E-state index contributed by atoms with van der Waals surface area (Å²) in [6, 6.07) is 16.0. The average Bonchev–Trinajstić information content (AvgIpc) is 3.40. The second-order valence-electron chi connectivity index (χ2n) is 5.93. The largest absolute Gasteiger partial charge is 0.483 e. The van der Waals surface area contributed by atoms with Crippen molar-refractivity contribution in [3.8, 4) is 11.1 Å². The highest BCUT2D eigenvalue weighted by molar-refractivity contribution is 5.94. The van der Waals surface area contributed by atoms with E-state index < -0.39 is 0 Å². The molecular weight excluding hydrogens is 304 g/mol. The van der Waals surface area contributed by atoms with Crippen molar-refractivity contribution in [1.82, 2.24) is 0 Å². The monoisotopic (exact) mass is 322 g/mol. The Labute approximate surface area is 139 Å². The van der Waals surface area contributed by atoms with Gasteiger partial charge < -0.3 is 9.52 Å². The first-order chi connectivity index (χ1) is 11.6. The summed E-state index contributed by atoms with van der Waals surface area (Å²) in [7, 11) is 0. The Morgan fingerprint density at radius 3 is 2.46 bits per heavy atom. The van der Waals surface area contributed by atoms with Crippen molar-refractivity contribution in [3.63, 3.8) is 0 Å². The standard InChI is InChI=1S/C19H16O2.CH2O2/c1-12-4-2-3-5-15(12)17-11-19(20)21-18-10-14(13-6-7-13)8-9-16(17)18;2-1-3/h2-5,8-11,13H,6-7H2,1H3;1H,(H,2,3). The SMILES string of the molecule is Cc1ccccc1-c1cc(=O)oc2cc(C3CC3)ccc12.O=CO. The molecule has 1 aliphatic rings. The highest BCUT2D eigenvalue weighted by Gasteiger charge is 2.24. The molecule has 0 aliphatic heterocycles. The van der Waals surface area contributed by atoms with E-state index in [1.807, 2.05) is 18.2 Å². The van der Waals surface area contributed by atoms with Crippen LogP contribution < -0.4 is 5.63 Å². The second kappa shape index (κ2) is 6.71. The predicted molar refractivity (Wildman–Crippen MR) is 93.3 cm³/mol. The molecule has 0 unspecified atom stereocenters. The molecule has 4 heteroatoms. The van der Waals surface area contributed by atoms with Crippen LogP contribution in [0.4, 0.5) is 0 Å². The van der Waals surface area contributed by atoms with E-state index >= 15 is 0 Å². The fourth-order valence-corrected chi connectivity index (χ4v) is 2.95. The molecule has 0 saturated heterocycles. The zero-order valence-electron chi connectivity index (χ0n) is 13.4. The van der Waals surface area contributed by atoms with Crippen molar-refractivity contribution < 1.29 is 14.3 Å². The maximum atomic E-state index is 11.9. The van der Waals surface area contributed by atoms with Crippen LogP contribution in [0, 0.1) is 6.92 Å². The van der Waals surface area contributed by atoms with Crippen LogP contribution in [-0.4, -0.2) is 11.6 Å². The molecule has 0 atom stereocenters. The van der Waals surface area contributed by atoms with Gasteiger partial charge in [-0.1, -0.05) is 36.4 Å². The molecule has 1 fully saturated rings. The lowest BCUT2D eigenvalue weighted by molar-refractivity contribution is -0.122. The molecule has 0 bridgehead atoms. The molecule has 1 heterocycles. The lowest BCUT2D eigenvalue weighted by atomic mass is 9.97. The molecule has 0 spiro atoms. The van der Waals surface area contributed by atoms with Crippen LogP contribution in [0.5, 0.6) is 0 Å². The number of hydrogen-bond donors (Lipinski definition) is 1. The van der Waals surface area contributed by atoms with Crippen LogP contribution in [0.1, 0.15) is 29.9 Å². The lowest BCUT2D eigenvalue weighted by Gasteiger charge is -2.09. The highest BCUT2D eigenvalue weighted by atomic mass is 16.4. The van der Waals surface area contributed by atoms with E-state index in [0.29, 0.717) is 11.5 Å². The first kappa shape index (κ1) is 16.0. The van der Waals surface area contributed by atoms with Crippen LogP contribution in [-0.2, 0) is 4.79 Å². The third-order valence-electron chi connectivity index (χ3n) is 4.25. The number of hydrogen-bond acceptors (Lipinski definition) is 3. The number of rotatable bonds is 2. The third kappa shape index (κ3) is 3.23. The maximum Gasteiger partial charge on any atom is 0.336 e. The zero-order chi connectivity index (χ0) is 17.1. The number of carboxylic acid groups (broad SMARTS) is 1. The van der Waals surface area contributed by atoms with E-state index in [-0.39, 0.29) is 12.1 Å². The number of carbonyl (C=O) groups is 1. The Bertz CT molecular complexity index is 936. The van der Waals surface area contributed by atoms with Gasteiger partial charge in [0.1, 0.15) is 5.58 Å². The van der Waals surface area contributed by atoms with Gasteiger partial charge in [0.05, 0.1) is 0 Å². The summed E-state index contributed by atoms with van der Waals surface area (Å²) in [5.41, 5.74) is 4.92. The molecule has 0 radical (unpaired) electrons. The van der Waals surface area contributed by atoms with Gasteiger partial charge in [-0.2, -0.15) is 0 Å². The fourth-order valence-electron chi connectivity index (χ4n) is 2.95. The normalized spacial score (nSPS) is 13.2. The molecule has 0 amide bonds. The van der Waals surface area contributed by atoms with E-state index in [4.69, 9.17) is 14.3 Å². The second-order valence-corrected chi connectivity index (χ2v) is 5.93. The van der Waals surface area contributed by atoms with Crippen LogP contribution in [0.15, 0.2) is 57.7 Å². The summed E-state index contributed by atoms with van der Waals surface area (Å²) >= 11 is 0. The summed E-state index contributed by atoms with van der Waals surface area (Å²) in [5.74, 6) is 0.654. The van der Waals surface area contributed by atoms with Gasteiger partial charge in [0.15, 0.2) is 0 Å². The average molecular weight is 322 g/mol. The molecule has 1 aromatic heterocycles. The molecule has 3 aromatic rings. The molecule has 2 aromatic carbocycles. The maximum absolute atomic E-state index is 11.9. The molecule has 1 saturated carbocycles. The van der Waals surface area contributed by atoms with E-state index in [0.717, 1.165) is 22.1 Å². The minimum Gasteiger partial charge on any atom is -0.483 e. The van der Waals surface area contributed by atoms with E-state index in [9.17, 15) is 4.79 Å². The Kier molecular flexibility index (Phi) is 4.47. The Morgan fingerprint density at radius 1 is 1.08 bits per heavy atom. The van der Waals surface area contributed by atoms with E-state index in [1.165, 1.54) is 18.4 Å². The zero-order valence-corrected chi connectivity index (χ0v) is 13.4. The Morgan fingerprint density at radius 2 is 1.79 bits per heavy atom. The summed E-state index contributed by atoms with van der Waals surface area (Å²) in [6.45, 7) is 1.81. The highest BCUT2D eigenvalue weighted by Crippen LogP contribution is 2.41. The van der Waals surface area contributed by atoms with Crippen molar-refractivity contribution in [2.75, 3.05) is 0 Å². The third-order valence-corrected chi connectivity index (χ3v) is 4.25. The number of benzene rings is 2. The van der Waals surface area contributed by atoms with Gasteiger partial charge in [0.2, 0.25) is 0 Å². The lowest BCUT2D eigenvalue weighted by Crippen LogP contribution is -1.99. The Hall–Kier alpha value is -2.88. The van der Waals surface area contributed by atoms with Gasteiger partial charge in [0.25, 0.3) is 6.47 Å². The van der Waals surface area contributed by atoms with Gasteiger partial charge >= 0.3 is 5.63 Å².